The predicted octanol–water partition coefficient (Wildman–Crippen LogP) is 2.89. The molecule has 3 nitrogen and oxygen atoms in total. The molecule has 0 aromatic carbocycles. The fourth-order valence-electron chi connectivity index (χ4n) is 3.86. The van der Waals surface area contributed by atoms with E-state index in [0.29, 0.717) is 11.7 Å². The first-order valence-electron chi connectivity index (χ1n) is 6.69. The van der Waals surface area contributed by atoms with Gasteiger partial charge in [0.1, 0.15) is 5.82 Å². The summed E-state index contributed by atoms with van der Waals surface area (Å²) in [7, 11) is 0. The van der Waals surface area contributed by atoms with Crippen LogP contribution in [0.4, 0.5) is 5.82 Å². The molecule has 3 rings (SSSR count). The summed E-state index contributed by atoms with van der Waals surface area (Å²) >= 11 is 0. The van der Waals surface area contributed by atoms with Crippen molar-refractivity contribution < 1.29 is 4.79 Å². The van der Waals surface area contributed by atoms with Crippen LogP contribution in [0.2, 0.25) is 0 Å². The lowest BCUT2D eigenvalue weighted by molar-refractivity contribution is -0.128. The number of nitrogens with one attached hydrogen (secondary N) is 1. The number of fused-ring (bicyclic) bond motifs is 2. The average Bonchev–Trinajstić information content (AvgIpc) is 2.65. The third kappa shape index (κ3) is 1.30. The molecule has 1 aromatic rings. The molecule has 0 saturated heterocycles. The van der Waals surface area contributed by atoms with Gasteiger partial charge in [-0.2, -0.15) is 0 Å². The molecular weight excluding hydrogens is 224 g/mol. The van der Waals surface area contributed by atoms with Crippen LogP contribution in [0, 0.1) is 16.7 Å². The van der Waals surface area contributed by atoms with Crippen molar-refractivity contribution in [2.45, 2.75) is 39.7 Å². The summed E-state index contributed by atoms with van der Waals surface area (Å²) in [6.45, 7) is 6.61. The Balaban J connectivity index is 1.90. The van der Waals surface area contributed by atoms with E-state index in [1.807, 2.05) is 18.2 Å². The Labute approximate surface area is 108 Å². The Morgan fingerprint density at radius 2 is 2.11 bits per heavy atom. The first-order valence-corrected chi connectivity index (χ1v) is 6.69. The van der Waals surface area contributed by atoms with Crippen LogP contribution in [-0.4, -0.2) is 16.8 Å². The van der Waals surface area contributed by atoms with Crippen LogP contribution < -0.4 is 5.32 Å². The lowest BCUT2D eigenvalue weighted by Crippen LogP contribution is -2.39. The lowest BCUT2D eigenvalue weighted by Gasteiger charge is -2.32. The molecule has 3 atom stereocenters. The van der Waals surface area contributed by atoms with Gasteiger partial charge in [0.2, 0.25) is 0 Å². The molecule has 0 unspecified atom stereocenters. The zero-order valence-electron chi connectivity index (χ0n) is 11.2. The molecule has 0 aliphatic heterocycles. The van der Waals surface area contributed by atoms with Crippen molar-refractivity contribution in [3.8, 4) is 0 Å². The lowest BCUT2D eigenvalue weighted by atomic mass is 9.70. The van der Waals surface area contributed by atoms with Crippen LogP contribution in [0.15, 0.2) is 24.4 Å². The minimum absolute atomic E-state index is 0.0614. The van der Waals surface area contributed by atoms with Gasteiger partial charge in [0.05, 0.1) is 6.04 Å². The number of carbonyl (C=O) groups excluding carboxylic acids is 1. The normalized spacial score (nSPS) is 36.9. The van der Waals surface area contributed by atoms with E-state index in [4.69, 9.17) is 0 Å². The van der Waals surface area contributed by atoms with Crippen LogP contribution >= 0.6 is 0 Å². The zero-order chi connectivity index (χ0) is 13.0. The molecule has 2 aliphatic rings. The smallest absolute Gasteiger partial charge is 0.161 e. The number of aromatic nitrogens is 1. The number of hydrogen-bond acceptors (Lipinski definition) is 3. The Morgan fingerprint density at radius 1 is 1.33 bits per heavy atom. The molecular formula is C15H20N2O. The van der Waals surface area contributed by atoms with Crippen LogP contribution in [0.5, 0.6) is 0 Å². The number of hydrogen-bond donors (Lipinski definition) is 1. The second kappa shape index (κ2) is 3.56. The maximum Gasteiger partial charge on any atom is 0.161 e. The number of anilines is 1. The van der Waals surface area contributed by atoms with Gasteiger partial charge >= 0.3 is 0 Å². The molecule has 3 heteroatoms. The van der Waals surface area contributed by atoms with E-state index in [0.717, 1.165) is 18.7 Å². The molecule has 2 saturated carbocycles. The Kier molecular flexibility index (Phi) is 2.31. The van der Waals surface area contributed by atoms with E-state index < -0.39 is 0 Å². The number of carbonyl (C=O) groups is 1. The fraction of sp³-hybridized carbons (Fsp3) is 0.600. The summed E-state index contributed by atoms with van der Waals surface area (Å²) in [5.41, 5.74) is -0.0688. The van der Waals surface area contributed by atoms with E-state index in [-0.39, 0.29) is 16.9 Å². The quantitative estimate of drug-likeness (QED) is 0.869. The van der Waals surface area contributed by atoms with Gasteiger partial charge in [-0.1, -0.05) is 26.8 Å². The summed E-state index contributed by atoms with van der Waals surface area (Å²) < 4.78 is 0. The molecule has 0 radical (unpaired) electrons. The third-order valence-electron chi connectivity index (χ3n) is 5.50. The van der Waals surface area contributed by atoms with E-state index in [1.165, 1.54) is 0 Å². The SMILES string of the molecule is CC1(C)[C@H]2CC[C@@]1(C)C(=O)[C@@H]2Nc1ccccn1. The first kappa shape index (κ1) is 11.7. The zero-order valence-corrected chi connectivity index (χ0v) is 11.2. The molecule has 1 heterocycles. The summed E-state index contributed by atoms with van der Waals surface area (Å²) in [4.78, 5) is 16.9. The molecule has 2 bridgehead atoms. The van der Waals surface area contributed by atoms with Crippen molar-refractivity contribution >= 4 is 11.6 Å². The van der Waals surface area contributed by atoms with Gasteiger partial charge in [-0.3, -0.25) is 4.79 Å². The van der Waals surface area contributed by atoms with Crippen molar-refractivity contribution in [3.63, 3.8) is 0 Å². The van der Waals surface area contributed by atoms with E-state index in [9.17, 15) is 4.79 Å². The molecule has 18 heavy (non-hydrogen) atoms. The molecule has 2 aliphatic carbocycles. The highest BCUT2D eigenvalue weighted by Gasteiger charge is 2.66. The van der Waals surface area contributed by atoms with Gasteiger partial charge in [-0.15, -0.1) is 0 Å². The Morgan fingerprint density at radius 3 is 2.67 bits per heavy atom. The van der Waals surface area contributed by atoms with Crippen molar-refractivity contribution in [1.29, 1.82) is 0 Å². The highest BCUT2D eigenvalue weighted by atomic mass is 16.1. The second-order valence-corrected chi connectivity index (χ2v) is 6.40. The number of pyridine rings is 1. The molecule has 0 amide bonds. The molecule has 96 valence electrons. The van der Waals surface area contributed by atoms with Gasteiger partial charge < -0.3 is 5.32 Å². The van der Waals surface area contributed by atoms with E-state index in [1.54, 1.807) is 6.20 Å². The van der Waals surface area contributed by atoms with Gasteiger partial charge in [0.25, 0.3) is 0 Å². The highest BCUT2D eigenvalue weighted by molar-refractivity contribution is 5.96. The standard InChI is InChI=1S/C15H20N2O/c1-14(2)10-7-8-15(14,3)13(18)12(10)17-11-6-4-5-9-16-11/h4-6,9-10,12H,7-8H2,1-3H3,(H,16,17)/t10-,12+,15-/m0/s1. The van der Waals surface area contributed by atoms with Crippen molar-refractivity contribution in [3.05, 3.63) is 24.4 Å². The third-order valence-corrected chi connectivity index (χ3v) is 5.50. The topological polar surface area (TPSA) is 42.0 Å². The van der Waals surface area contributed by atoms with Gasteiger partial charge in [0.15, 0.2) is 5.78 Å². The second-order valence-electron chi connectivity index (χ2n) is 6.40. The van der Waals surface area contributed by atoms with Crippen LogP contribution in [0.1, 0.15) is 33.6 Å². The van der Waals surface area contributed by atoms with Crippen LogP contribution in [0.3, 0.4) is 0 Å². The summed E-state index contributed by atoms with van der Waals surface area (Å²) in [5, 5.41) is 3.34. The number of Topliss-reactive ketones (excluding diaryl/α,β-unsaturated/α-hetero) is 1. The van der Waals surface area contributed by atoms with Crippen molar-refractivity contribution in [2.75, 3.05) is 5.32 Å². The monoisotopic (exact) mass is 244 g/mol. The largest absolute Gasteiger partial charge is 0.360 e. The average molecular weight is 244 g/mol. The van der Waals surface area contributed by atoms with Crippen molar-refractivity contribution in [2.24, 2.45) is 16.7 Å². The molecule has 0 spiro atoms. The van der Waals surface area contributed by atoms with E-state index in [2.05, 4.69) is 31.1 Å². The number of ketones is 1. The fourth-order valence-corrected chi connectivity index (χ4v) is 3.86. The Hall–Kier alpha value is -1.38. The summed E-state index contributed by atoms with van der Waals surface area (Å²) in [5.74, 6) is 1.61. The van der Waals surface area contributed by atoms with Crippen LogP contribution in [-0.2, 0) is 4.79 Å². The van der Waals surface area contributed by atoms with Gasteiger partial charge in [-0.25, -0.2) is 4.98 Å². The summed E-state index contributed by atoms with van der Waals surface area (Å²) in [6, 6.07) is 5.70. The molecule has 2 fully saturated rings. The maximum absolute atomic E-state index is 12.6. The maximum atomic E-state index is 12.6. The van der Waals surface area contributed by atoms with E-state index >= 15 is 0 Å². The number of nitrogens with zero attached hydrogens (tertiary/aromatic N) is 1. The minimum atomic E-state index is -0.163. The van der Waals surface area contributed by atoms with Crippen LogP contribution in [0.25, 0.3) is 0 Å². The van der Waals surface area contributed by atoms with Crippen molar-refractivity contribution in [1.82, 2.24) is 4.98 Å². The summed E-state index contributed by atoms with van der Waals surface area (Å²) in [6.07, 6.45) is 3.93. The number of rotatable bonds is 2. The van der Waals surface area contributed by atoms with Gasteiger partial charge in [0, 0.05) is 11.6 Å². The predicted molar refractivity (Wildman–Crippen MR) is 71.3 cm³/mol. The first-order chi connectivity index (χ1) is 8.47. The Bertz CT molecular complexity index is 483. The minimum Gasteiger partial charge on any atom is -0.360 e. The van der Waals surface area contributed by atoms with Gasteiger partial charge in [-0.05, 0) is 36.3 Å². The highest BCUT2D eigenvalue weighted by Crippen LogP contribution is 2.63. The molecule has 1 aromatic heterocycles. The molecule has 1 N–H and O–H groups in total.